The summed E-state index contributed by atoms with van der Waals surface area (Å²) in [4.78, 5) is 26.0. The van der Waals surface area contributed by atoms with E-state index >= 15 is 0 Å². The number of rotatable bonds is 4. The van der Waals surface area contributed by atoms with Crippen LogP contribution in [0.1, 0.15) is 23.2 Å². The first-order valence-electron chi connectivity index (χ1n) is 7.05. The first-order valence-corrected chi connectivity index (χ1v) is 7.05. The zero-order valence-corrected chi connectivity index (χ0v) is 11.8. The van der Waals surface area contributed by atoms with E-state index in [4.69, 9.17) is 0 Å². The standard InChI is InChI=1S/C16H19FN2O2/c1-2-9-18-15(20)13-4-3-10-19(11-13)16(21)12-5-7-14(17)8-6-12/h2,5-8,13H,1,3-4,9-11H2,(H,18,20). The molecule has 0 radical (unpaired) electrons. The van der Waals surface area contributed by atoms with Crippen molar-refractivity contribution < 1.29 is 14.0 Å². The molecule has 1 unspecified atom stereocenters. The van der Waals surface area contributed by atoms with E-state index in [0.717, 1.165) is 12.8 Å². The van der Waals surface area contributed by atoms with Gasteiger partial charge in [-0.05, 0) is 37.1 Å². The molecule has 1 fully saturated rings. The van der Waals surface area contributed by atoms with Crippen LogP contribution in [0.3, 0.4) is 0 Å². The van der Waals surface area contributed by atoms with Gasteiger partial charge < -0.3 is 10.2 Å². The fourth-order valence-electron chi connectivity index (χ4n) is 2.47. The maximum Gasteiger partial charge on any atom is 0.253 e. The molecule has 0 aromatic heterocycles. The number of hydrogen-bond donors (Lipinski definition) is 1. The van der Waals surface area contributed by atoms with Gasteiger partial charge >= 0.3 is 0 Å². The van der Waals surface area contributed by atoms with Crippen molar-refractivity contribution in [1.82, 2.24) is 10.2 Å². The van der Waals surface area contributed by atoms with E-state index in [1.165, 1.54) is 24.3 Å². The number of nitrogens with one attached hydrogen (secondary N) is 1. The van der Waals surface area contributed by atoms with Gasteiger partial charge in [0.2, 0.25) is 5.91 Å². The molecule has 0 spiro atoms. The first kappa shape index (κ1) is 15.2. The molecule has 1 saturated heterocycles. The van der Waals surface area contributed by atoms with Crippen LogP contribution in [0, 0.1) is 11.7 Å². The number of nitrogens with zero attached hydrogens (tertiary/aromatic N) is 1. The van der Waals surface area contributed by atoms with Gasteiger partial charge in [0.15, 0.2) is 0 Å². The number of amides is 2. The molecule has 4 nitrogen and oxygen atoms in total. The van der Waals surface area contributed by atoms with Crippen molar-refractivity contribution in [3.63, 3.8) is 0 Å². The summed E-state index contributed by atoms with van der Waals surface area (Å²) >= 11 is 0. The van der Waals surface area contributed by atoms with Gasteiger partial charge in [-0.1, -0.05) is 6.08 Å². The third-order valence-corrected chi connectivity index (χ3v) is 3.59. The predicted octanol–water partition coefficient (Wildman–Crippen LogP) is 1.98. The molecule has 112 valence electrons. The highest BCUT2D eigenvalue weighted by molar-refractivity contribution is 5.94. The van der Waals surface area contributed by atoms with Gasteiger partial charge in [-0.3, -0.25) is 9.59 Å². The lowest BCUT2D eigenvalue weighted by molar-refractivity contribution is -0.126. The summed E-state index contributed by atoms with van der Waals surface area (Å²) in [6, 6.07) is 5.48. The minimum atomic E-state index is -0.369. The Bertz CT molecular complexity index is 528. The highest BCUT2D eigenvalue weighted by atomic mass is 19.1. The maximum absolute atomic E-state index is 12.9. The average molecular weight is 290 g/mol. The topological polar surface area (TPSA) is 49.4 Å². The van der Waals surface area contributed by atoms with Crippen molar-refractivity contribution in [2.24, 2.45) is 5.92 Å². The summed E-state index contributed by atoms with van der Waals surface area (Å²) in [5.74, 6) is -0.766. The first-order chi connectivity index (χ1) is 10.1. The van der Waals surface area contributed by atoms with E-state index in [0.29, 0.717) is 25.2 Å². The molecule has 1 aromatic carbocycles. The second-order valence-corrected chi connectivity index (χ2v) is 5.13. The number of carbonyl (C=O) groups excluding carboxylic acids is 2. The molecule has 1 N–H and O–H groups in total. The Balaban J connectivity index is 2.00. The second-order valence-electron chi connectivity index (χ2n) is 5.13. The number of piperidine rings is 1. The van der Waals surface area contributed by atoms with E-state index in [-0.39, 0.29) is 23.5 Å². The van der Waals surface area contributed by atoms with Crippen LogP contribution in [0.15, 0.2) is 36.9 Å². The van der Waals surface area contributed by atoms with E-state index in [9.17, 15) is 14.0 Å². The van der Waals surface area contributed by atoms with Crippen LogP contribution in [-0.2, 0) is 4.79 Å². The lowest BCUT2D eigenvalue weighted by Crippen LogP contribution is -2.45. The van der Waals surface area contributed by atoms with Crippen LogP contribution in [0.4, 0.5) is 4.39 Å². The van der Waals surface area contributed by atoms with Gasteiger partial charge in [0.05, 0.1) is 5.92 Å². The summed E-state index contributed by atoms with van der Waals surface area (Å²) in [7, 11) is 0. The third-order valence-electron chi connectivity index (χ3n) is 3.59. The molecule has 0 bridgehead atoms. The summed E-state index contributed by atoms with van der Waals surface area (Å²) < 4.78 is 12.9. The van der Waals surface area contributed by atoms with Gasteiger partial charge in [0, 0.05) is 25.2 Å². The molecule has 1 aliphatic heterocycles. The van der Waals surface area contributed by atoms with Crippen LogP contribution in [0.25, 0.3) is 0 Å². The summed E-state index contributed by atoms with van der Waals surface area (Å²) in [6.07, 6.45) is 3.19. The lowest BCUT2D eigenvalue weighted by atomic mass is 9.96. The molecule has 2 rings (SSSR count). The van der Waals surface area contributed by atoms with Crippen molar-refractivity contribution in [2.75, 3.05) is 19.6 Å². The molecular weight excluding hydrogens is 271 g/mol. The van der Waals surface area contributed by atoms with E-state index in [1.54, 1.807) is 11.0 Å². The average Bonchev–Trinajstić information content (AvgIpc) is 2.52. The summed E-state index contributed by atoms with van der Waals surface area (Å²) in [6.45, 7) is 5.02. The highest BCUT2D eigenvalue weighted by Gasteiger charge is 2.28. The minimum Gasteiger partial charge on any atom is -0.352 e. The number of hydrogen-bond acceptors (Lipinski definition) is 2. The largest absolute Gasteiger partial charge is 0.352 e. The quantitative estimate of drug-likeness (QED) is 0.862. The lowest BCUT2D eigenvalue weighted by Gasteiger charge is -2.32. The van der Waals surface area contributed by atoms with Crippen molar-refractivity contribution in [3.8, 4) is 0 Å². The van der Waals surface area contributed by atoms with Crippen LogP contribution < -0.4 is 5.32 Å². The third kappa shape index (κ3) is 3.90. The molecule has 0 aliphatic carbocycles. The SMILES string of the molecule is C=CCNC(=O)C1CCCN(C(=O)c2ccc(F)cc2)C1. The minimum absolute atomic E-state index is 0.0495. The molecule has 0 saturated carbocycles. The molecule has 2 amide bonds. The van der Waals surface area contributed by atoms with Gasteiger partial charge in [0.1, 0.15) is 5.82 Å². The van der Waals surface area contributed by atoms with Crippen LogP contribution in [0.2, 0.25) is 0 Å². The highest BCUT2D eigenvalue weighted by Crippen LogP contribution is 2.19. The zero-order valence-electron chi connectivity index (χ0n) is 11.8. The molecule has 21 heavy (non-hydrogen) atoms. The van der Waals surface area contributed by atoms with E-state index in [2.05, 4.69) is 11.9 Å². The summed E-state index contributed by atoms with van der Waals surface area (Å²) in [5, 5.41) is 2.76. The number of carbonyl (C=O) groups is 2. The maximum atomic E-state index is 12.9. The fourth-order valence-corrected chi connectivity index (χ4v) is 2.47. The smallest absolute Gasteiger partial charge is 0.253 e. The Morgan fingerprint density at radius 2 is 2.10 bits per heavy atom. The van der Waals surface area contributed by atoms with E-state index in [1.807, 2.05) is 0 Å². The number of likely N-dealkylation sites (tertiary alicyclic amines) is 1. The number of benzene rings is 1. The molecule has 1 heterocycles. The van der Waals surface area contributed by atoms with Gasteiger partial charge in [0.25, 0.3) is 5.91 Å². The molecule has 5 heteroatoms. The Kier molecular flexibility index (Phi) is 5.09. The van der Waals surface area contributed by atoms with Gasteiger partial charge in [-0.2, -0.15) is 0 Å². The molecule has 1 aromatic rings. The Morgan fingerprint density at radius 3 is 2.76 bits per heavy atom. The monoisotopic (exact) mass is 290 g/mol. The predicted molar refractivity (Wildman–Crippen MR) is 78.2 cm³/mol. The van der Waals surface area contributed by atoms with Crippen LogP contribution in [0.5, 0.6) is 0 Å². The molecule has 1 aliphatic rings. The van der Waals surface area contributed by atoms with E-state index < -0.39 is 0 Å². The van der Waals surface area contributed by atoms with Crippen LogP contribution in [-0.4, -0.2) is 36.3 Å². The zero-order chi connectivity index (χ0) is 15.2. The molecule has 1 atom stereocenters. The molecular formula is C16H19FN2O2. The Morgan fingerprint density at radius 1 is 1.38 bits per heavy atom. The van der Waals surface area contributed by atoms with Crippen molar-refractivity contribution >= 4 is 11.8 Å². The van der Waals surface area contributed by atoms with Gasteiger partial charge in [-0.15, -0.1) is 6.58 Å². The van der Waals surface area contributed by atoms with Crippen molar-refractivity contribution in [1.29, 1.82) is 0 Å². The van der Waals surface area contributed by atoms with Crippen LogP contribution >= 0.6 is 0 Å². The Hall–Kier alpha value is -2.17. The second kappa shape index (κ2) is 7.02. The van der Waals surface area contributed by atoms with Crippen molar-refractivity contribution in [3.05, 3.63) is 48.3 Å². The summed E-state index contributed by atoms with van der Waals surface area (Å²) in [5.41, 5.74) is 0.448. The van der Waals surface area contributed by atoms with Crippen molar-refractivity contribution in [2.45, 2.75) is 12.8 Å². The number of halogens is 1. The normalized spacial score (nSPS) is 18.1. The fraction of sp³-hybridized carbons (Fsp3) is 0.375. The Labute approximate surface area is 123 Å². The van der Waals surface area contributed by atoms with Gasteiger partial charge in [-0.25, -0.2) is 4.39 Å².